The highest BCUT2D eigenvalue weighted by Gasteiger charge is 2.41. The highest BCUT2D eigenvalue weighted by atomic mass is 16.7. The van der Waals surface area contributed by atoms with Gasteiger partial charge in [-0.15, -0.1) is 0 Å². The summed E-state index contributed by atoms with van der Waals surface area (Å²) >= 11 is 0. The Labute approximate surface area is 134 Å². The molecule has 5 rings (SSSR count). The molecule has 0 spiro atoms. The molecule has 0 amide bonds. The van der Waals surface area contributed by atoms with Gasteiger partial charge in [-0.2, -0.15) is 0 Å². The van der Waals surface area contributed by atoms with Crippen LogP contribution in [-0.2, 0) is 12.8 Å². The fourth-order valence-corrected chi connectivity index (χ4v) is 4.39. The van der Waals surface area contributed by atoms with E-state index in [1.807, 2.05) is 0 Å². The Morgan fingerprint density at radius 2 is 1.35 bits per heavy atom. The van der Waals surface area contributed by atoms with Gasteiger partial charge >= 0.3 is 0 Å². The Kier molecular flexibility index (Phi) is 2.61. The molecule has 2 aliphatic carbocycles. The van der Waals surface area contributed by atoms with Crippen molar-refractivity contribution in [1.82, 2.24) is 0 Å². The lowest BCUT2D eigenvalue weighted by Crippen LogP contribution is -1.99. The first-order valence-electron chi connectivity index (χ1n) is 7.95. The Hall–Kier alpha value is -2.36. The van der Waals surface area contributed by atoms with Gasteiger partial charge in [-0.3, -0.25) is 0 Å². The summed E-state index contributed by atoms with van der Waals surface area (Å²) in [6.45, 7) is 0.334. The maximum atomic E-state index is 5.56. The van der Waals surface area contributed by atoms with Crippen molar-refractivity contribution in [2.75, 3.05) is 21.0 Å². The fraction of sp³-hybridized carbons (Fsp3) is 0.368. The summed E-state index contributed by atoms with van der Waals surface area (Å²) in [4.78, 5) is 0. The highest BCUT2D eigenvalue weighted by Crippen LogP contribution is 2.55. The summed E-state index contributed by atoms with van der Waals surface area (Å²) in [6, 6.07) is 8.64. The summed E-state index contributed by atoms with van der Waals surface area (Å²) in [5.41, 5.74) is 5.57. The predicted molar refractivity (Wildman–Crippen MR) is 85.0 cm³/mol. The number of rotatable bonds is 2. The molecule has 0 aromatic heterocycles. The minimum Gasteiger partial charge on any atom is -0.493 e. The van der Waals surface area contributed by atoms with Gasteiger partial charge in [-0.25, -0.2) is 0 Å². The third-order valence-corrected chi connectivity index (χ3v) is 5.44. The van der Waals surface area contributed by atoms with Crippen molar-refractivity contribution < 1.29 is 18.9 Å². The minimum atomic E-state index is 0.334. The van der Waals surface area contributed by atoms with E-state index in [-0.39, 0.29) is 0 Å². The lowest BCUT2D eigenvalue weighted by molar-refractivity contribution is 0.174. The van der Waals surface area contributed by atoms with Crippen LogP contribution in [0.25, 0.3) is 0 Å². The van der Waals surface area contributed by atoms with Crippen molar-refractivity contribution in [2.45, 2.75) is 24.7 Å². The molecule has 23 heavy (non-hydrogen) atoms. The van der Waals surface area contributed by atoms with Gasteiger partial charge in [0.05, 0.1) is 14.2 Å². The molecule has 0 saturated heterocycles. The zero-order valence-electron chi connectivity index (χ0n) is 13.2. The largest absolute Gasteiger partial charge is 0.493 e. The maximum absolute atomic E-state index is 5.56. The summed E-state index contributed by atoms with van der Waals surface area (Å²) < 4.78 is 22.0. The molecule has 0 saturated carbocycles. The molecule has 0 N–H and O–H groups in total. The second kappa shape index (κ2) is 4.57. The molecule has 4 nitrogen and oxygen atoms in total. The van der Waals surface area contributed by atoms with Crippen LogP contribution in [-0.4, -0.2) is 21.0 Å². The predicted octanol–water partition coefficient (Wildman–Crippen LogP) is 3.41. The SMILES string of the molecule is COc1cc2c(cc1OC)C1Cc3cc4c(cc3[C@@H]1C2)OCO4. The molecule has 2 aromatic carbocycles. The van der Waals surface area contributed by atoms with Crippen molar-refractivity contribution in [2.24, 2.45) is 0 Å². The zero-order chi connectivity index (χ0) is 15.6. The van der Waals surface area contributed by atoms with Crippen molar-refractivity contribution >= 4 is 0 Å². The zero-order valence-corrected chi connectivity index (χ0v) is 13.2. The summed E-state index contributed by atoms with van der Waals surface area (Å²) in [7, 11) is 3.38. The van der Waals surface area contributed by atoms with Gasteiger partial charge in [0.25, 0.3) is 0 Å². The van der Waals surface area contributed by atoms with E-state index in [1.54, 1.807) is 14.2 Å². The summed E-state index contributed by atoms with van der Waals surface area (Å²) in [5, 5.41) is 0. The molecule has 118 valence electrons. The molecule has 2 atom stereocenters. The third-order valence-electron chi connectivity index (χ3n) is 5.44. The van der Waals surface area contributed by atoms with Crippen LogP contribution >= 0.6 is 0 Å². The molecular formula is C19H18O4. The Balaban J connectivity index is 1.58. The quantitative estimate of drug-likeness (QED) is 0.852. The van der Waals surface area contributed by atoms with Crippen LogP contribution in [0.1, 0.15) is 34.1 Å². The van der Waals surface area contributed by atoms with Crippen LogP contribution in [0.5, 0.6) is 23.0 Å². The Morgan fingerprint density at radius 1 is 0.783 bits per heavy atom. The topological polar surface area (TPSA) is 36.9 Å². The van der Waals surface area contributed by atoms with Crippen LogP contribution in [0.4, 0.5) is 0 Å². The van der Waals surface area contributed by atoms with E-state index in [1.165, 1.54) is 22.3 Å². The highest BCUT2D eigenvalue weighted by molar-refractivity contribution is 5.59. The smallest absolute Gasteiger partial charge is 0.231 e. The molecular weight excluding hydrogens is 292 g/mol. The second-order valence-corrected chi connectivity index (χ2v) is 6.43. The van der Waals surface area contributed by atoms with Gasteiger partial charge in [0.2, 0.25) is 6.79 Å². The molecule has 1 heterocycles. The number of hydrogen-bond donors (Lipinski definition) is 0. The van der Waals surface area contributed by atoms with E-state index in [9.17, 15) is 0 Å². The summed E-state index contributed by atoms with van der Waals surface area (Å²) in [5.74, 6) is 4.44. The minimum absolute atomic E-state index is 0.334. The van der Waals surface area contributed by atoms with Gasteiger partial charge in [-0.1, -0.05) is 0 Å². The van der Waals surface area contributed by atoms with Gasteiger partial charge < -0.3 is 18.9 Å². The number of fused-ring (bicyclic) bond motifs is 6. The van der Waals surface area contributed by atoms with Gasteiger partial charge in [0, 0.05) is 0 Å². The first-order chi connectivity index (χ1) is 11.3. The van der Waals surface area contributed by atoms with E-state index in [2.05, 4.69) is 24.3 Å². The number of methoxy groups -OCH3 is 2. The van der Waals surface area contributed by atoms with Crippen molar-refractivity contribution in [1.29, 1.82) is 0 Å². The van der Waals surface area contributed by atoms with E-state index in [0.717, 1.165) is 35.8 Å². The van der Waals surface area contributed by atoms with E-state index < -0.39 is 0 Å². The van der Waals surface area contributed by atoms with E-state index in [0.29, 0.717) is 18.6 Å². The van der Waals surface area contributed by atoms with Crippen LogP contribution in [0.2, 0.25) is 0 Å². The average Bonchev–Trinajstić information content (AvgIpc) is 3.24. The van der Waals surface area contributed by atoms with Gasteiger partial charge in [0.15, 0.2) is 23.0 Å². The lowest BCUT2D eigenvalue weighted by atomic mass is 9.93. The molecule has 0 bridgehead atoms. The normalized spacial score (nSPS) is 22.5. The average molecular weight is 310 g/mol. The number of ether oxygens (including phenoxy) is 4. The molecule has 0 radical (unpaired) electrons. The van der Waals surface area contributed by atoms with Crippen molar-refractivity contribution in [3.8, 4) is 23.0 Å². The Morgan fingerprint density at radius 3 is 2.04 bits per heavy atom. The van der Waals surface area contributed by atoms with Crippen molar-refractivity contribution in [3.63, 3.8) is 0 Å². The number of benzene rings is 2. The maximum Gasteiger partial charge on any atom is 0.231 e. The monoisotopic (exact) mass is 310 g/mol. The van der Waals surface area contributed by atoms with Gasteiger partial charge in [-0.05, 0) is 71.2 Å². The standard InChI is InChI=1S/C19H18O4/c1-20-16-5-10-3-15-13-8-19-18(22-9-23-19)6-11(13)4-14(15)12(10)7-17(16)21-2/h5-8,14-15H,3-4,9H2,1-2H3/t14?,15-/m0/s1. The Bertz CT molecular complexity index is 812. The van der Waals surface area contributed by atoms with Crippen molar-refractivity contribution in [3.05, 3.63) is 46.5 Å². The summed E-state index contributed by atoms with van der Waals surface area (Å²) in [6.07, 6.45) is 2.10. The molecule has 2 aromatic rings. The molecule has 0 fully saturated rings. The third kappa shape index (κ3) is 1.72. The first-order valence-corrected chi connectivity index (χ1v) is 7.95. The molecule has 1 unspecified atom stereocenters. The van der Waals surface area contributed by atoms with Gasteiger partial charge in [0.1, 0.15) is 0 Å². The van der Waals surface area contributed by atoms with Crippen LogP contribution in [0, 0.1) is 0 Å². The fourth-order valence-electron chi connectivity index (χ4n) is 4.39. The molecule has 4 heteroatoms. The van der Waals surface area contributed by atoms with Crippen LogP contribution < -0.4 is 18.9 Å². The molecule has 1 aliphatic heterocycles. The van der Waals surface area contributed by atoms with E-state index >= 15 is 0 Å². The van der Waals surface area contributed by atoms with Crippen LogP contribution in [0.3, 0.4) is 0 Å². The van der Waals surface area contributed by atoms with E-state index in [4.69, 9.17) is 18.9 Å². The number of hydrogen-bond acceptors (Lipinski definition) is 4. The first kappa shape index (κ1) is 13.1. The second-order valence-electron chi connectivity index (χ2n) is 6.43. The lowest BCUT2D eigenvalue weighted by Gasteiger charge is -2.13. The van der Waals surface area contributed by atoms with Crippen LogP contribution in [0.15, 0.2) is 24.3 Å². The molecule has 3 aliphatic rings.